The van der Waals surface area contributed by atoms with Crippen molar-refractivity contribution in [2.45, 2.75) is 51.8 Å². The maximum Gasteiger partial charge on any atom is 0.228 e. The molecule has 0 bridgehead atoms. The normalized spacial score (nSPS) is 17.2. The third kappa shape index (κ3) is 5.65. The number of aliphatic hydroxyl groups is 1. The summed E-state index contributed by atoms with van der Waals surface area (Å²) in [5.74, 6) is 1.83. The Morgan fingerprint density at radius 1 is 1.03 bits per heavy atom. The SMILES string of the molecule is Cc1ccc2c(NC(C)C(C)O)cccc2c1Oc1ncccc1-c1ccnc(N[C@H]2CCCNC2)n1. The van der Waals surface area contributed by atoms with Gasteiger partial charge in [-0.05, 0) is 70.0 Å². The Balaban J connectivity index is 1.48. The first-order chi connectivity index (χ1) is 18.0. The van der Waals surface area contributed by atoms with Crippen LogP contribution in [0.2, 0.25) is 0 Å². The van der Waals surface area contributed by atoms with Crippen molar-refractivity contribution in [3.8, 4) is 22.9 Å². The number of piperidine rings is 1. The standard InChI is InChI=1S/C29H34N6O2/c1-18-11-12-22-23(8-4-10-25(22)33-19(2)20(3)36)27(18)37-28-24(9-6-15-31-28)26-13-16-32-29(35-26)34-21-7-5-14-30-17-21/h4,6,8-13,15-16,19-21,30,33,36H,5,7,14,17H2,1-3H3,(H,32,34,35)/t19?,20?,21-/m0/s1. The van der Waals surface area contributed by atoms with Gasteiger partial charge in [0, 0.05) is 47.5 Å². The molecule has 2 aromatic carbocycles. The number of ether oxygens (including phenoxy) is 1. The van der Waals surface area contributed by atoms with Gasteiger partial charge in [0.25, 0.3) is 0 Å². The molecular formula is C29H34N6O2. The molecule has 3 heterocycles. The molecule has 8 nitrogen and oxygen atoms in total. The van der Waals surface area contributed by atoms with E-state index in [9.17, 15) is 5.11 Å². The van der Waals surface area contributed by atoms with Gasteiger partial charge in [-0.1, -0.05) is 24.3 Å². The molecule has 0 radical (unpaired) electrons. The smallest absolute Gasteiger partial charge is 0.228 e. The van der Waals surface area contributed by atoms with Gasteiger partial charge in [0.1, 0.15) is 5.75 Å². The summed E-state index contributed by atoms with van der Waals surface area (Å²) >= 11 is 0. The average molecular weight is 499 g/mol. The van der Waals surface area contributed by atoms with E-state index in [2.05, 4.69) is 32.0 Å². The van der Waals surface area contributed by atoms with Crippen LogP contribution < -0.4 is 20.7 Å². The van der Waals surface area contributed by atoms with Gasteiger partial charge < -0.3 is 25.8 Å². The third-order valence-corrected chi connectivity index (χ3v) is 6.85. The summed E-state index contributed by atoms with van der Waals surface area (Å²) in [6.45, 7) is 7.73. The zero-order valence-corrected chi connectivity index (χ0v) is 21.5. The van der Waals surface area contributed by atoms with E-state index in [0.29, 0.717) is 17.9 Å². The molecule has 2 unspecified atom stereocenters. The van der Waals surface area contributed by atoms with Crippen LogP contribution >= 0.6 is 0 Å². The van der Waals surface area contributed by atoms with E-state index in [1.807, 2.05) is 56.3 Å². The number of hydrogen-bond donors (Lipinski definition) is 4. The van der Waals surface area contributed by atoms with Gasteiger partial charge >= 0.3 is 0 Å². The Hall–Kier alpha value is -3.75. The zero-order chi connectivity index (χ0) is 25.8. The molecule has 37 heavy (non-hydrogen) atoms. The van der Waals surface area contributed by atoms with Crippen molar-refractivity contribution in [1.82, 2.24) is 20.3 Å². The molecule has 8 heteroatoms. The second-order valence-electron chi connectivity index (χ2n) is 9.70. The summed E-state index contributed by atoms with van der Waals surface area (Å²) in [5.41, 5.74) is 3.49. The summed E-state index contributed by atoms with van der Waals surface area (Å²) in [4.78, 5) is 13.8. The number of rotatable bonds is 8. The number of aromatic nitrogens is 3. The first-order valence-corrected chi connectivity index (χ1v) is 12.9. The van der Waals surface area contributed by atoms with Crippen LogP contribution in [0, 0.1) is 6.92 Å². The summed E-state index contributed by atoms with van der Waals surface area (Å²) in [6, 6.07) is 16.1. The first kappa shape index (κ1) is 24.9. The number of fused-ring (bicyclic) bond motifs is 1. The highest BCUT2D eigenvalue weighted by Gasteiger charge is 2.18. The van der Waals surface area contributed by atoms with E-state index >= 15 is 0 Å². The molecule has 4 aromatic rings. The number of pyridine rings is 1. The fraction of sp³-hybridized carbons (Fsp3) is 0.345. The fourth-order valence-electron chi connectivity index (χ4n) is 4.57. The molecule has 0 saturated carbocycles. The highest BCUT2D eigenvalue weighted by Crippen LogP contribution is 2.38. The van der Waals surface area contributed by atoms with Crippen LogP contribution in [-0.4, -0.2) is 51.3 Å². The van der Waals surface area contributed by atoms with Gasteiger partial charge in [0.05, 0.1) is 17.4 Å². The highest BCUT2D eigenvalue weighted by atomic mass is 16.5. The lowest BCUT2D eigenvalue weighted by molar-refractivity contribution is 0.178. The average Bonchev–Trinajstić information content (AvgIpc) is 2.91. The molecule has 3 atom stereocenters. The lowest BCUT2D eigenvalue weighted by Crippen LogP contribution is -2.38. The van der Waals surface area contributed by atoms with Gasteiger partial charge in [-0.3, -0.25) is 0 Å². The van der Waals surface area contributed by atoms with Crippen molar-refractivity contribution in [2.75, 3.05) is 23.7 Å². The van der Waals surface area contributed by atoms with Crippen molar-refractivity contribution in [3.05, 3.63) is 66.5 Å². The summed E-state index contributed by atoms with van der Waals surface area (Å²) in [5, 5.41) is 22.3. The van der Waals surface area contributed by atoms with Crippen molar-refractivity contribution in [2.24, 2.45) is 0 Å². The second-order valence-corrected chi connectivity index (χ2v) is 9.70. The van der Waals surface area contributed by atoms with Crippen LogP contribution in [0.4, 0.5) is 11.6 Å². The minimum atomic E-state index is -0.478. The number of anilines is 2. The lowest BCUT2D eigenvalue weighted by atomic mass is 10.0. The second kappa shape index (κ2) is 11.1. The zero-order valence-electron chi connectivity index (χ0n) is 21.5. The van der Waals surface area contributed by atoms with E-state index < -0.39 is 6.10 Å². The topological polar surface area (TPSA) is 104 Å². The maximum absolute atomic E-state index is 9.98. The van der Waals surface area contributed by atoms with Gasteiger partial charge in [-0.2, -0.15) is 0 Å². The van der Waals surface area contributed by atoms with Crippen LogP contribution in [0.5, 0.6) is 11.6 Å². The lowest BCUT2D eigenvalue weighted by Gasteiger charge is -2.23. The molecule has 1 aliphatic rings. The number of aryl methyl sites for hydroxylation is 1. The minimum absolute atomic E-state index is 0.0939. The van der Waals surface area contributed by atoms with E-state index in [0.717, 1.165) is 65.0 Å². The van der Waals surface area contributed by atoms with Crippen LogP contribution in [0.1, 0.15) is 32.3 Å². The van der Waals surface area contributed by atoms with E-state index in [-0.39, 0.29) is 6.04 Å². The van der Waals surface area contributed by atoms with Gasteiger partial charge in [0.2, 0.25) is 11.8 Å². The van der Waals surface area contributed by atoms with E-state index in [1.165, 1.54) is 0 Å². The van der Waals surface area contributed by atoms with Gasteiger partial charge in [-0.25, -0.2) is 15.0 Å². The first-order valence-electron chi connectivity index (χ1n) is 12.9. The molecule has 0 spiro atoms. The number of aliphatic hydroxyl groups excluding tert-OH is 1. The van der Waals surface area contributed by atoms with Crippen LogP contribution in [0.3, 0.4) is 0 Å². The van der Waals surface area contributed by atoms with Crippen molar-refractivity contribution < 1.29 is 9.84 Å². The fourth-order valence-corrected chi connectivity index (χ4v) is 4.57. The maximum atomic E-state index is 9.98. The van der Waals surface area contributed by atoms with Gasteiger partial charge in [-0.15, -0.1) is 0 Å². The largest absolute Gasteiger partial charge is 0.437 e. The van der Waals surface area contributed by atoms with Crippen molar-refractivity contribution >= 4 is 22.4 Å². The predicted octanol–water partition coefficient (Wildman–Crippen LogP) is 5.14. The number of nitrogens with one attached hydrogen (secondary N) is 3. The minimum Gasteiger partial charge on any atom is -0.437 e. The Morgan fingerprint density at radius 2 is 1.92 bits per heavy atom. The summed E-state index contributed by atoms with van der Waals surface area (Å²) in [7, 11) is 0. The molecule has 192 valence electrons. The monoisotopic (exact) mass is 498 g/mol. The Morgan fingerprint density at radius 3 is 2.73 bits per heavy atom. The summed E-state index contributed by atoms with van der Waals surface area (Å²) in [6.07, 6.45) is 5.24. The summed E-state index contributed by atoms with van der Waals surface area (Å²) < 4.78 is 6.53. The molecule has 0 amide bonds. The van der Waals surface area contributed by atoms with Crippen LogP contribution in [-0.2, 0) is 0 Å². The van der Waals surface area contributed by atoms with Crippen LogP contribution in [0.25, 0.3) is 22.0 Å². The van der Waals surface area contributed by atoms with Crippen molar-refractivity contribution in [3.63, 3.8) is 0 Å². The molecule has 1 aliphatic heterocycles. The van der Waals surface area contributed by atoms with Gasteiger partial charge in [0.15, 0.2) is 0 Å². The molecule has 1 fully saturated rings. The third-order valence-electron chi connectivity index (χ3n) is 6.85. The highest BCUT2D eigenvalue weighted by molar-refractivity contribution is 5.98. The Kier molecular flexibility index (Phi) is 7.48. The molecule has 1 saturated heterocycles. The number of benzene rings is 2. The number of nitrogens with zero attached hydrogens (tertiary/aromatic N) is 3. The molecule has 5 rings (SSSR count). The van der Waals surface area contributed by atoms with E-state index in [4.69, 9.17) is 9.72 Å². The quantitative estimate of drug-likeness (QED) is 0.265. The molecule has 2 aromatic heterocycles. The van der Waals surface area contributed by atoms with Crippen LogP contribution in [0.15, 0.2) is 60.9 Å². The van der Waals surface area contributed by atoms with Crippen molar-refractivity contribution in [1.29, 1.82) is 0 Å². The molecule has 0 aliphatic carbocycles. The number of hydrogen-bond acceptors (Lipinski definition) is 8. The Labute approximate surface area is 217 Å². The van der Waals surface area contributed by atoms with E-state index in [1.54, 1.807) is 19.3 Å². The predicted molar refractivity (Wildman–Crippen MR) is 148 cm³/mol. The molecule has 4 N–H and O–H groups in total. The molecular weight excluding hydrogens is 464 g/mol. The Bertz CT molecular complexity index is 1370.